The number of amides is 2. The summed E-state index contributed by atoms with van der Waals surface area (Å²) < 4.78 is 10.7. The summed E-state index contributed by atoms with van der Waals surface area (Å²) in [7, 11) is 0. The lowest BCUT2D eigenvalue weighted by Crippen LogP contribution is -2.48. The zero-order valence-electron chi connectivity index (χ0n) is 15.4. The van der Waals surface area contributed by atoms with Gasteiger partial charge in [0, 0.05) is 23.9 Å². The highest BCUT2D eigenvalue weighted by Crippen LogP contribution is 2.35. The van der Waals surface area contributed by atoms with Crippen LogP contribution in [0.1, 0.15) is 36.2 Å². The molecule has 2 heterocycles. The highest BCUT2D eigenvalue weighted by molar-refractivity contribution is 6.03. The first-order chi connectivity index (χ1) is 13.1. The van der Waals surface area contributed by atoms with Crippen LogP contribution in [0.5, 0.6) is 11.5 Å². The Balaban J connectivity index is 1.57. The van der Waals surface area contributed by atoms with Gasteiger partial charge in [0.25, 0.3) is 5.91 Å². The minimum atomic E-state index is -0.541. The molecule has 2 aromatic carbocycles. The van der Waals surface area contributed by atoms with Crippen molar-refractivity contribution in [3.8, 4) is 11.5 Å². The first-order valence-electron chi connectivity index (χ1n) is 9.18. The summed E-state index contributed by atoms with van der Waals surface area (Å²) in [6.07, 6.45) is 0.791. The molecule has 0 aliphatic carbocycles. The molecule has 0 saturated heterocycles. The number of nitrogens with zero attached hydrogens (tertiary/aromatic N) is 1. The van der Waals surface area contributed by atoms with Crippen LogP contribution in [0.3, 0.4) is 0 Å². The van der Waals surface area contributed by atoms with Crippen molar-refractivity contribution < 1.29 is 19.1 Å². The molecular weight excluding hydrogens is 344 g/mol. The molecule has 0 fully saturated rings. The van der Waals surface area contributed by atoms with Crippen molar-refractivity contribution in [1.29, 1.82) is 0 Å². The topological polar surface area (TPSA) is 67.9 Å². The Morgan fingerprint density at radius 1 is 1.19 bits per heavy atom. The largest absolute Gasteiger partial charge is 0.454 e. The highest BCUT2D eigenvalue weighted by Gasteiger charge is 2.38. The molecule has 6 nitrogen and oxygen atoms in total. The summed E-state index contributed by atoms with van der Waals surface area (Å²) in [6.45, 7) is 4.67. The Bertz CT molecular complexity index is 896. The van der Waals surface area contributed by atoms with Crippen LogP contribution in [0.25, 0.3) is 0 Å². The third kappa shape index (κ3) is 3.12. The predicted molar refractivity (Wildman–Crippen MR) is 101 cm³/mol. The van der Waals surface area contributed by atoms with Gasteiger partial charge in [-0.1, -0.05) is 38.5 Å². The lowest BCUT2D eigenvalue weighted by molar-refractivity contribution is -0.122. The second-order valence-electron chi connectivity index (χ2n) is 6.98. The molecule has 6 heteroatoms. The molecular formula is C21H22N2O4. The van der Waals surface area contributed by atoms with Crippen molar-refractivity contribution in [2.24, 2.45) is 5.92 Å². The van der Waals surface area contributed by atoms with E-state index in [2.05, 4.69) is 5.32 Å². The predicted octanol–water partition coefficient (Wildman–Crippen LogP) is 3.42. The number of carbonyl (C=O) groups is 2. The van der Waals surface area contributed by atoms with E-state index in [9.17, 15) is 9.59 Å². The number of fused-ring (bicyclic) bond motifs is 2. The Kier molecular flexibility index (Phi) is 4.48. The van der Waals surface area contributed by atoms with Crippen LogP contribution in [0.4, 0.5) is 5.69 Å². The average Bonchev–Trinajstić information content (AvgIpc) is 3.26. The van der Waals surface area contributed by atoms with Gasteiger partial charge in [-0.3, -0.25) is 9.59 Å². The summed E-state index contributed by atoms with van der Waals surface area (Å²) >= 11 is 0. The van der Waals surface area contributed by atoms with Gasteiger partial charge in [-0.2, -0.15) is 0 Å². The molecule has 0 spiro atoms. The Morgan fingerprint density at radius 2 is 1.96 bits per heavy atom. The summed E-state index contributed by atoms with van der Waals surface area (Å²) in [5.74, 6) is 1.02. The summed E-state index contributed by atoms with van der Waals surface area (Å²) in [5, 5.41) is 2.94. The number of nitrogens with one attached hydrogen (secondary N) is 1. The van der Waals surface area contributed by atoms with Crippen LogP contribution in [0, 0.1) is 5.92 Å². The standard InChI is InChI=1S/C21H22N2O4/c1-3-13(2)19(23-11-14-6-4-5-7-16(14)21(23)25)20(24)22-15-8-9-17-18(10-15)27-12-26-17/h4-10,13,19H,3,11-12H2,1-2H3,(H,22,24)/t13-,19+/m1/s1. The first kappa shape index (κ1) is 17.4. The molecule has 1 N–H and O–H groups in total. The van der Waals surface area contributed by atoms with E-state index < -0.39 is 6.04 Å². The summed E-state index contributed by atoms with van der Waals surface area (Å²) in [5.41, 5.74) is 2.27. The maximum Gasteiger partial charge on any atom is 0.255 e. The van der Waals surface area contributed by atoms with Gasteiger partial charge in [-0.15, -0.1) is 0 Å². The zero-order chi connectivity index (χ0) is 19.0. The van der Waals surface area contributed by atoms with E-state index in [1.54, 1.807) is 23.1 Å². The lowest BCUT2D eigenvalue weighted by atomic mass is 9.96. The molecule has 2 aliphatic rings. The number of hydrogen-bond donors (Lipinski definition) is 1. The highest BCUT2D eigenvalue weighted by atomic mass is 16.7. The van der Waals surface area contributed by atoms with Crippen molar-refractivity contribution in [3.05, 3.63) is 53.6 Å². The Labute approximate surface area is 158 Å². The summed E-state index contributed by atoms with van der Waals surface area (Å²) in [4.78, 5) is 27.7. The zero-order valence-corrected chi connectivity index (χ0v) is 15.4. The van der Waals surface area contributed by atoms with Crippen LogP contribution < -0.4 is 14.8 Å². The normalized spacial score (nSPS) is 16.8. The number of ether oxygens (including phenoxy) is 2. The van der Waals surface area contributed by atoms with Gasteiger partial charge < -0.3 is 19.7 Å². The van der Waals surface area contributed by atoms with Gasteiger partial charge in [0.15, 0.2) is 11.5 Å². The van der Waals surface area contributed by atoms with Gasteiger partial charge >= 0.3 is 0 Å². The SMILES string of the molecule is CC[C@@H](C)[C@@H](C(=O)Nc1ccc2c(c1)OCO2)N1Cc2ccccc2C1=O. The van der Waals surface area contributed by atoms with E-state index in [-0.39, 0.29) is 24.5 Å². The molecule has 0 radical (unpaired) electrons. The molecule has 0 aromatic heterocycles. The molecule has 0 unspecified atom stereocenters. The fourth-order valence-electron chi connectivity index (χ4n) is 3.62. The molecule has 2 amide bonds. The van der Waals surface area contributed by atoms with E-state index in [0.717, 1.165) is 12.0 Å². The molecule has 2 aromatic rings. The van der Waals surface area contributed by atoms with Gasteiger partial charge in [0.2, 0.25) is 12.7 Å². The summed E-state index contributed by atoms with van der Waals surface area (Å²) in [6, 6.07) is 12.3. The van der Waals surface area contributed by atoms with Gasteiger partial charge in [0.05, 0.1) is 0 Å². The first-order valence-corrected chi connectivity index (χ1v) is 9.18. The fourth-order valence-corrected chi connectivity index (χ4v) is 3.62. The second-order valence-corrected chi connectivity index (χ2v) is 6.98. The van der Waals surface area contributed by atoms with Gasteiger partial charge in [-0.25, -0.2) is 0 Å². The molecule has 2 aliphatic heterocycles. The number of anilines is 1. The van der Waals surface area contributed by atoms with Crippen molar-refractivity contribution in [3.63, 3.8) is 0 Å². The minimum absolute atomic E-state index is 0.0253. The van der Waals surface area contributed by atoms with E-state index in [4.69, 9.17) is 9.47 Å². The molecule has 140 valence electrons. The van der Waals surface area contributed by atoms with Crippen molar-refractivity contribution in [2.45, 2.75) is 32.9 Å². The van der Waals surface area contributed by atoms with E-state index >= 15 is 0 Å². The molecule has 2 atom stereocenters. The number of rotatable bonds is 5. The average molecular weight is 366 g/mol. The van der Waals surface area contributed by atoms with Crippen LogP contribution in [0.15, 0.2) is 42.5 Å². The number of carbonyl (C=O) groups excluding carboxylic acids is 2. The quantitative estimate of drug-likeness (QED) is 0.880. The van der Waals surface area contributed by atoms with E-state index in [1.807, 2.05) is 38.1 Å². The number of hydrogen-bond acceptors (Lipinski definition) is 4. The van der Waals surface area contributed by atoms with Crippen molar-refractivity contribution in [2.75, 3.05) is 12.1 Å². The van der Waals surface area contributed by atoms with Crippen LogP contribution in [0.2, 0.25) is 0 Å². The van der Waals surface area contributed by atoms with Crippen molar-refractivity contribution >= 4 is 17.5 Å². The van der Waals surface area contributed by atoms with E-state index in [0.29, 0.717) is 29.3 Å². The van der Waals surface area contributed by atoms with E-state index in [1.165, 1.54) is 0 Å². The van der Waals surface area contributed by atoms with Crippen LogP contribution in [-0.4, -0.2) is 29.5 Å². The lowest BCUT2D eigenvalue weighted by Gasteiger charge is -2.31. The monoisotopic (exact) mass is 366 g/mol. The fraction of sp³-hybridized carbons (Fsp3) is 0.333. The molecule has 4 rings (SSSR count). The third-order valence-electron chi connectivity index (χ3n) is 5.28. The maximum atomic E-state index is 13.1. The Morgan fingerprint density at radius 3 is 2.74 bits per heavy atom. The Hall–Kier alpha value is -3.02. The third-order valence-corrected chi connectivity index (χ3v) is 5.28. The number of benzene rings is 2. The maximum absolute atomic E-state index is 13.1. The molecule has 0 saturated carbocycles. The van der Waals surface area contributed by atoms with Crippen LogP contribution in [-0.2, 0) is 11.3 Å². The second kappa shape index (κ2) is 6.95. The van der Waals surface area contributed by atoms with Crippen LogP contribution >= 0.6 is 0 Å². The smallest absolute Gasteiger partial charge is 0.255 e. The van der Waals surface area contributed by atoms with Crippen molar-refractivity contribution in [1.82, 2.24) is 4.90 Å². The van der Waals surface area contributed by atoms with Gasteiger partial charge in [0.1, 0.15) is 6.04 Å². The van der Waals surface area contributed by atoms with Gasteiger partial charge in [-0.05, 0) is 29.7 Å². The molecule has 0 bridgehead atoms. The molecule has 27 heavy (non-hydrogen) atoms. The minimum Gasteiger partial charge on any atom is -0.454 e.